The molecule has 0 spiro atoms. The summed E-state index contributed by atoms with van der Waals surface area (Å²) in [5.74, 6) is 0. The molecule has 0 radical (unpaired) electrons. The predicted molar refractivity (Wildman–Crippen MR) is 93.0 cm³/mol. The molecule has 0 aliphatic carbocycles. The van der Waals surface area contributed by atoms with Crippen molar-refractivity contribution >= 4 is 0 Å². The zero-order valence-corrected chi connectivity index (χ0v) is 13.5. The second-order valence-electron chi connectivity index (χ2n) is 6.08. The van der Waals surface area contributed by atoms with Gasteiger partial charge in [0, 0.05) is 26.2 Å². The van der Waals surface area contributed by atoms with Crippen molar-refractivity contribution in [1.82, 2.24) is 10.2 Å². The van der Waals surface area contributed by atoms with Gasteiger partial charge in [0.05, 0.1) is 5.54 Å². The van der Waals surface area contributed by atoms with Gasteiger partial charge >= 0.3 is 0 Å². The van der Waals surface area contributed by atoms with Crippen molar-refractivity contribution in [2.24, 2.45) is 0 Å². The van der Waals surface area contributed by atoms with Crippen LogP contribution >= 0.6 is 0 Å². The van der Waals surface area contributed by atoms with E-state index in [-0.39, 0.29) is 5.54 Å². The fraction of sp³-hybridized carbons (Fsp3) is 0.400. The molecule has 0 saturated carbocycles. The normalized spacial score (nSPS) is 16.6. The van der Waals surface area contributed by atoms with Gasteiger partial charge in [-0.1, -0.05) is 74.0 Å². The Morgan fingerprint density at radius 2 is 1.36 bits per heavy atom. The first-order valence-corrected chi connectivity index (χ1v) is 8.45. The lowest BCUT2D eigenvalue weighted by atomic mass is 9.77. The molecule has 1 N–H and O–H groups in total. The highest BCUT2D eigenvalue weighted by molar-refractivity contribution is 5.38. The molecular formula is C20H26N2. The molecule has 0 aromatic heterocycles. The van der Waals surface area contributed by atoms with Crippen LogP contribution < -0.4 is 5.32 Å². The third kappa shape index (κ3) is 2.81. The van der Waals surface area contributed by atoms with Gasteiger partial charge in [-0.2, -0.15) is 0 Å². The number of hydrogen-bond acceptors (Lipinski definition) is 2. The van der Waals surface area contributed by atoms with Crippen LogP contribution in [0.1, 0.15) is 30.9 Å². The standard InChI is InChI=1S/C20H26N2/c1-2-13-20(18-9-5-3-6-10-18,19-11-7-4-8-12-19)22-16-14-21-15-17-22/h3-12,21H,2,13-17H2,1H3. The minimum atomic E-state index is -0.000625. The van der Waals surface area contributed by atoms with Gasteiger partial charge in [-0.05, 0) is 17.5 Å². The maximum atomic E-state index is 3.49. The van der Waals surface area contributed by atoms with Crippen molar-refractivity contribution < 1.29 is 0 Å². The SMILES string of the molecule is CCCC(c1ccccc1)(c1ccccc1)N1CCNCC1. The van der Waals surface area contributed by atoms with Crippen molar-refractivity contribution in [3.05, 3.63) is 71.8 Å². The molecule has 1 fully saturated rings. The highest BCUT2D eigenvalue weighted by atomic mass is 15.2. The molecule has 22 heavy (non-hydrogen) atoms. The highest BCUT2D eigenvalue weighted by Crippen LogP contribution is 2.40. The van der Waals surface area contributed by atoms with Crippen molar-refractivity contribution in [3.8, 4) is 0 Å². The van der Waals surface area contributed by atoms with Crippen molar-refractivity contribution in [2.45, 2.75) is 25.3 Å². The minimum absolute atomic E-state index is 0.000625. The molecule has 0 atom stereocenters. The molecule has 1 saturated heterocycles. The number of nitrogens with zero attached hydrogens (tertiary/aromatic N) is 1. The quantitative estimate of drug-likeness (QED) is 0.906. The first-order chi connectivity index (χ1) is 10.9. The minimum Gasteiger partial charge on any atom is -0.314 e. The summed E-state index contributed by atoms with van der Waals surface area (Å²) >= 11 is 0. The van der Waals surface area contributed by atoms with E-state index in [2.05, 4.69) is 77.8 Å². The Morgan fingerprint density at radius 3 is 1.82 bits per heavy atom. The van der Waals surface area contributed by atoms with Gasteiger partial charge in [-0.25, -0.2) is 0 Å². The second-order valence-corrected chi connectivity index (χ2v) is 6.08. The molecule has 1 aliphatic heterocycles. The van der Waals surface area contributed by atoms with Gasteiger partial charge < -0.3 is 5.32 Å². The summed E-state index contributed by atoms with van der Waals surface area (Å²) < 4.78 is 0. The van der Waals surface area contributed by atoms with Crippen molar-refractivity contribution in [2.75, 3.05) is 26.2 Å². The maximum Gasteiger partial charge on any atom is 0.0716 e. The molecule has 0 unspecified atom stereocenters. The van der Waals surface area contributed by atoms with Crippen LogP contribution in [-0.2, 0) is 5.54 Å². The molecular weight excluding hydrogens is 268 g/mol. The van der Waals surface area contributed by atoms with E-state index >= 15 is 0 Å². The van der Waals surface area contributed by atoms with Crippen LogP contribution in [0.25, 0.3) is 0 Å². The number of benzene rings is 2. The Bertz CT molecular complexity index is 519. The van der Waals surface area contributed by atoms with Crippen molar-refractivity contribution in [1.29, 1.82) is 0 Å². The van der Waals surface area contributed by atoms with Gasteiger partial charge in [-0.15, -0.1) is 0 Å². The van der Waals surface area contributed by atoms with E-state index in [0.29, 0.717) is 0 Å². The average molecular weight is 294 g/mol. The Labute approximate surface area is 134 Å². The van der Waals surface area contributed by atoms with Gasteiger partial charge in [0.25, 0.3) is 0 Å². The van der Waals surface area contributed by atoms with Crippen LogP contribution in [0, 0.1) is 0 Å². The lowest BCUT2D eigenvalue weighted by molar-refractivity contribution is 0.0955. The lowest BCUT2D eigenvalue weighted by Gasteiger charge is -2.47. The van der Waals surface area contributed by atoms with E-state index in [1.807, 2.05) is 0 Å². The fourth-order valence-corrected chi connectivity index (χ4v) is 3.81. The predicted octanol–water partition coefficient (Wildman–Crippen LogP) is 3.64. The molecule has 1 heterocycles. The topological polar surface area (TPSA) is 15.3 Å². The second kappa shape index (κ2) is 7.08. The van der Waals surface area contributed by atoms with E-state index in [4.69, 9.17) is 0 Å². The van der Waals surface area contributed by atoms with Crippen LogP contribution in [0.4, 0.5) is 0 Å². The third-order valence-corrected chi connectivity index (χ3v) is 4.77. The molecule has 2 nitrogen and oxygen atoms in total. The van der Waals surface area contributed by atoms with Crippen molar-refractivity contribution in [3.63, 3.8) is 0 Å². The van der Waals surface area contributed by atoms with Crippen LogP contribution in [0.5, 0.6) is 0 Å². The molecule has 1 aliphatic rings. The number of nitrogens with one attached hydrogen (secondary N) is 1. The zero-order valence-electron chi connectivity index (χ0n) is 13.5. The van der Waals surface area contributed by atoms with E-state index in [1.54, 1.807) is 0 Å². The summed E-state index contributed by atoms with van der Waals surface area (Å²) in [7, 11) is 0. The summed E-state index contributed by atoms with van der Waals surface area (Å²) in [5, 5.41) is 3.49. The number of hydrogen-bond donors (Lipinski definition) is 1. The summed E-state index contributed by atoms with van der Waals surface area (Å²) in [6.45, 7) is 6.65. The Morgan fingerprint density at radius 1 is 0.864 bits per heavy atom. The zero-order chi connectivity index (χ0) is 15.3. The smallest absolute Gasteiger partial charge is 0.0716 e. The highest BCUT2D eigenvalue weighted by Gasteiger charge is 2.39. The summed E-state index contributed by atoms with van der Waals surface area (Å²) in [5.41, 5.74) is 2.84. The van der Waals surface area contributed by atoms with E-state index in [0.717, 1.165) is 32.6 Å². The van der Waals surface area contributed by atoms with Gasteiger partial charge in [-0.3, -0.25) is 4.90 Å². The number of rotatable bonds is 5. The van der Waals surface area contributed by atoms with Crippen LogP contribution in [-0.4, -0.2) is 31.1 Å². The van der Waals surface area contributed by atoms with E-state index < -0.39 is 0 Å². The Hall–Kier alpha value is -1.64. The van der Waals surface area contributed by atoms with E-state index in [9.17, 15) is 0 Å². The average Bonchev–Trinajstić information content (AvgIpc) is 2.62. The van der Waals surface area contributed by atoms with Crippen LogP contribution in [0.3, 0.4) is 0 Å². The van der Waals surface area contributed by atoms with Gasteiger partial charge in [0.2, 0.25) is 0 Å². The first-order valence-electron chi connectivity index (χ1n) is 8.45. The fourth-order valence-electron chi connectivity index (χ4n) is 3.81. The summed E-state index contributed by atoms with van der Waals surface area (Å²) in [4.78, 5) is 2.68. The Balaban J connectivity index is 2.13. The Kier molecular flexibility index (Phi) is 4.91. The van der Waals surface area contributed by atoms with Gasteiger partial charge in [0.1, 0.15) is 0 Å². The van der Waals surface area contributed by atoms with Crippen LogP contribution in [0.15, 0.2) is 60.7 Å². The molecule has 2 aromatic carbocycles. The molecule has 116 valence electrons. The molecule has 0 bridgehead atoms. The van der Waals surface area contributed by atoms with E-state index in [1.165, 1.54) is 17.5 Å². The molecule has 3 rings (SSSR count). The first kappa shape index (κ1) is 15.3. The third-order valence-electron chi connectivity index (χ3n) is 4.77. The van der Waals surface area contributed by atoms with Gasteiger partial charge in [0.15, 0.2) is 0 Å². The molecule has 2 aromatic rings. The molecule has 2 heteroatoms. The monoisotopic (exact) mass is 294 g/mol. The summed E-state index contributed by atoms with van der Waals surface area (Å²) in [6.07, 6.45) is 2.33. The maximum absolute atomic E-state index is 3.49. The van der Waals surface area contributed by atoms with Crippen LogP contribution in [0.2, 0.25) is 0 Å². The lowest BCUT2D eigenvalue weighted by Crippen LogP contribution is -2.55. The summed E-state index contributed by atoms with van der Waals surface area (Å²) in [6, 6.07) is 22.1. The molecule has 0 amide bonds. The number of piperazine rings is 1. The largest absolute Gasteiger partial charge is 0.314 e.